The Morgan fingerprint density at radius 2 is 0.773 bits per heavy atom. The van der Waals surface area contributed by atoms with Gasteiger partial charge in [0.2, 0.25) is 0 Å². The van der Waals surface area contributed by atoms with Crippen molar-refractivity contribution in [2.75, 3.05) is 4.90 Å². The molecule has 0 saturated carbocycles. The highest BCUT2D eigenvalue weighted by atomic mass is 15.1. The molecule has 310 valence electrons. The van der Waals surface area contributed by atoms with Gasteiger partial charge >= 0.3 is 0 Å². The van der Waals surface area contributed by atoms with Crippen LogP contribution < -0.4 is 4.90 Å². The van der Waals surface area contributed by atoms with Crippen LogP contribution in [-0.2, 0) is 0 Å². The van der Waals surface area contributed by atoms with E-state index in [2.05, 4.69) is 276 Å². The molecule has 1 heterocycles. The number of hydrogen-bond donors (Lipinski definition) is 0. The Kier molecular flexibility index (Phi) is 9.89. The van der Waals surface area contributed by atoms with Crippen LogP contribution >= 0.6 is 0 Å². The molecular formula is C64H44N2. The molecule has 12 aromatic rings. The lowest BCUT2D eigenvalue weighted by Crippen LogP contribution is -2.10. The van der Waals surface area contributed by atoms with Crippen LogP contribution in [-0.4, -0.2) is 4.57 Å². The number of hydrogen-bond acceptors (Lipinski definition) is 1. The van der Waals surface area contributed by atoms with E-state index in [1.807, 2.05) is 0 Å². The van der Waals surface area contributed by atoms with Crippen molar-refractivity contribution in [3.05, 3.63) is 267 Å². The number of rotatable bonds is 9. The third kappa shape index (κ3) is 6.93. The first kappa shape index (κ1) is 38.9. The molecule has 2 heteroatoms. The van der Waals surface area contributed by atoms with Crippen LogP contribution in [0.3, 0.4) is 0 Å². The van der Waals surface area contributed by atoms with Gasteiger partial charge in [-0.2, -0.15) is 0 Å². The molecule has 0 amide bonds. The molecule has 1 aromatic heterocycles. The highest BCUT2D eigenvalue weighted by molar-refractivity contribution is 6.10. The maximum atomic E-state index is 2.44. The quantitative estimate of drug-likeness (QED) is 0.141. The summed E-state index contributed by atoms with van der Waals surface area (Å²) in [7, 11) is 0. The molecule has 0 spiro atoms. The van der Waals surface area contributed by atoms with E-state index in [1.165, 1.54) is 71.5 Å². The van der Waals surface area contributed by atoms with E-state index in [-0.39, 0.29) is 0 Å². The zero-order valence-corrected chi connectivity index (χ0v) is 36.3. The Labute approximate surface area is 385 Å². The van der Waals surface area contributed by atoms with Gasteiger partial charge in [0, 0.05) is 33.4 Å². The molecule has 2 nitrogen and oxygen atoms in total. The van der Waals surface area contributed by atoms with Gasteiger partial charge in [-0.05, 0) is 115 Å². The van der Waals surface area contributed by atoms with Crippen molar-refractivity contribution in [1.82, 2.24) is 4.57 Å². The van der Waals surface area contributed by atoms with E-state index in [0.29, 0.717) is 0 Å². The number of anilines is 3. The number of benzene rings is 11. The van der Waals surface area contributed by atoms with E-state index < -0.39 is 0 Å². The zero-order chi connectivity index (χ0) is 43.8. The van der Waals surface area contributed by atoms with Crippen molar-refractivity contribution in [1.29, 1.82) is 0 Å². The molecule has 66 heavy (non-hydrogen) atoms. The molecule has 0 aliphatic rings. The average Bonchev–Trinajstić information content (AvgIpc) is 3.74. The minimum absolute atomic E-state index is 1.07. The van der Waals surface area contributed by atoms with E-state index in [0.717, 1.165) is 39.4 Å². The summed E-state index contributed by atoms with van der Waals surface area (Å²) in [6, 6.07) is 96.9. The van der Waals surface area contributed by atoms with Crippen LogP contribution in [0.4, 0.5) is 17.1 Å². The van der Waals surface area contributed by atoms with Crippen molar-refractivity contribution in [3.63, 3.8) is 0 Å². The van der Waals surface area contributed by atoms with Gasteiger partial charge in [0.15, 0.2) is 0 Å². The molecule has 0 unspecified atom stereocenters. The molecule has 0 radical (unpaired) electrons. The number of nitrogens with zero attached hydrogens (tertiary/aromatic N) is 2. The molecule has 0 aliphatic heterocycles. The van der Waals surface area contributed by atoms with Crippen LogP contribution in [0.2, 0.25) is 0 Å². The molecule has 0 fully saturated rings. The Morgan fingerprint density at radius 3 is 1.47 bits per heavy atom. The smallest absolute Gasteiger partial charge is 0.0541 e. The van der Waals surface area contributed by atoms with Gasteiger partial charge in [-0.15, -0.1) is 0 Å². The first-order chi connectivity index (χ1) is 32.8. The minimum atomic E-state index is 1.07. The third-order valence-corrected chi connectivity index (χ3v) is 13.0. The number of aromatic nitrogens is 1. The third-order valence-electron chi connectivity index (χ3n) is 13.0. The summed E-state index contributed by atoms with van der Waals surface area (Å²) in [5, 5.41) is 4.96. The Balaban J connectivity index is 1.05. The second-order valence-corrected chi connectivity index (χ2v) is 16.9. The van der Waals surface area contributed by atoms with Crippen LogP contribution in [0.15, 0.2) is 267 Å². The molecule has 0 N–H and O–H groups in total. The van der Waals surface area contributed by atoms with Gasteiger partial charge < -0.3 is 9.47 Å². The van der Waals surface area contributed by atoms with Gasteiger partial charge in [0.25, 0.3) is 0 Å². The lowest BCUT2D eigenvalue weighted by Gasteiger charge is -2.28. The lowest BCUT2D eigenvalue weighted by molar-refractivity contribution is 1.18. The average molecular weight is 841 g/mol. The fraction of sp³-hybridized carbons (Fsp3) is 0. The second-order valence-electron chi connectivity index (χ2n) is 16.9. The summed E-state index contributed by atoms with van der Waals surface area (Å²) < 4.78 is 2.44. The van der Waals surface area contributed by atoms with Gasteiger partial charge in [-0.25, -0.2) is 0 Å². The standard InChI is InChI=1S/C64H44N2/c1-4-19-45(20-5-1)50-26-18-27-52(43-50)65(51-38-35-49(36-39-51)64-54-28-11-10-25-48(54)37-41-55(64)46-21-6-2-7-22-46)53-40-42-56(60(44-53)47-23-8-3-9-24-47)57-29-12-15-32-61(57)66-62-33-16-13-30-58(62)59-31-14-17-34-63(59)66/h1-44H. The van der Waals surface area contributed by atoms with E-state index >= 15 is 0 Å². The van der Waals surface area contributed by atoms with Crippen molar-refractivity contribution in [2.45, 2.75) is 0 Å². The van der Waals surface area contributed by atoms with Gasteiger partial charge in [-0.3, -0.25) is 0 Å². The molecule has 0 bridgehead atoms. The van der Waals surface area contributed by atoms with Crippen LogP contribution in [0.25, 0.3) is 93.9 Å². The van der Waals surface area contributed by atoms with Gasteiger partial charge in [0.1, 0.15) is 0 Å². The van der Waals surface area contributed by atoms with E-state index in [4.69, 9.17) is 0 Å². The fourth-order valence-corrected chi connectivity index (χ4v) is 9.96. The molecule has 11 aromatic carbocycles. The van der Waals surface area contributed by atoms with Crippen LogP contribution in [0, 0.1) is 0 Å². The molecule has 0 atom stereocenters. The van der Waals surface area contributed by atoms with E-state index in [9.17, 15) is 0 Å². The highest BCUT2D eigenvalue weighted by Gasteiger charge is 2.21. The summed E-state index contributed by atoms with van der Waals surface area (Å²) >= 11 is 0. The van der Waals surface area contributed by atoms with Crippen molar-refractivity contribution >= 4 is 49.6 Å². The molecule has 0 aliphatic carbocycles. The first-order valence-corrected chi connectivity index (χ1v) is 22.7. The predicted octanol–water partition coefficient (Wildman–Crippen LogP) is 17.7. The molecule has 12 rings (SSSR count). The minimum Gasteiger partial charge on any atom is -0.310 e. The summed E-state index contributed by atoms with van der Waals surface area (Å²) in [4.78, 5) is 2.41. The zero-order valence-electron chi connectivity index (χ0n) is 36.3. The van der Waals surface area contributed by atoms with Crippen LogP contribution in [0.1, 0.15) is 0 Å². The van der Waals surface area contributed by atoms with Gasteiger partial charge in [-0.1, -0.05) is 212 Å². The summed E-state index contributed by atoms with van der Waals surface area (Å²) in [6.07, 6.45) is 0. The van der Waals surface area contributed by atoms with Crippen LogP contribution in [0.5, 0.6) is 0 Å². The maximum Gasteiger partial charge on any atom is 0.0541 e. The lowest BCUT2D eigenvalue weighted by atomic mass is 9.89. The number of para-hydroxylation sites is 3. The molecular weight excluding hydrogens is 797 g/mol. The highest BCUT2D eigenvalue weighted by Crippen LogP contribution is 2.45. The van der Waals surface area contributed by atoms with Crippen molar-refractivity contribution in [3.8, 4) is 61.3 Å². The molecule has 0 saturated heterocycles. The predicted molar refractivity (Wildman–Crippen MR) is 280 cm³/mol. The number of fused-ring (bicyclic) bond motifs is 4. The Bertz CT molecular complexity index is 3630. The normalized spacial score (nSPS) is 11.3. The summed E-state index contributed by atoms with van der Waals surface area (Å²) in [5.41, 5.74) is 18.6. The Morgan fingerprint density at radius 1 is 0.258 bits per heavy atom. The second kappa shape index (κ2) is 16.8. The van der Waals surface area contributed by atoms with Gasteiger partial charge in [0.05, 0.1) is 16.7 Å². The maximum absolute atomic E-state index is 2.44. The largest absolute Gasteiger partial charge is 0.310 e. The Hall–Kier alpha value is -8.72. The SMILES string of the molecule is c1ccc(-c2cccc(N(c3ccc(-c4c(-c5ccccc5)ccc5ccccc45)cc3)c3ccc(-c4ccccc4-n4c5ccccc5c5ccccc54)c(-c4ccccc4)c3)c2)cc1. The monoisotopic (exact) mass is 840 g/mol. The summed E-state index contributed by atoms with van der Waals surface area (Å²) in [5.74, 6) is 0. The fourth-order valence-electron chi connectivity index (χ4n) is 9.96. The van der Waals surface area contributed by atoms with Crippen molar-refractivity contribution in [2.24, 2.45) is 0 Å². The van der Waals surface area contributed by atoms with E-state index in [1.54, 1.807) is 0 Å². The topological polar surface area (TPSA) is 8.17 Å². The first-order valence-electron chi connectivity index (χ1n) is 22.7. The summed E-state index contributed by atoms with van der Waals surface area (Å²) in [6.45, 7) is 0. The van der Waals surface area contributed by atoms with Crippen molar-refractivity contribution < 1.29 is 0 Å².